The number of carbonyl (C=O) groups excluding carboxylic acids is 1. The zero-order valence-corrected chi connectivity index (χ0v) is 11.0. The van der Waals surface area contributed by atoms with Crippen LogP contribution in [0, 0.1) is 0 Å². The molecule has 0 aromatic heterocycles. The summed E-state index contributed by atoms with van der Waals surface area (Å²) >= 11 is 0. The van der Waals surface area contributed by atoms with Gasteiger partial charge in [0.2, 0.25) is 0 Å². The van der Waals surface area contributed by atoms with Crippen LogP contribution in [0.1, 0.15) is 45.4 Å². The quantitative estimate of drug-likeness (QED) is 0.548. The molecule has 100 valence electrons. The highest BCUT2D eigenvalue weighted by Gasteiger charge is 2.21. The molecule has 0 aromatic rings. The fourth-order valence-electron chi connectivity index (χ4n) is 2.23. The topological polar surface area (TPSA) is 47.6 Å². The minimum atomic E-state index is -0.123. The van der Waals surface area contributed by atoms with Gasteiger partial charge in [-0.15, -0.1) is 0 Å². The highest BCUT2D eigenvalue weighted by Crippen LogP contribution is 2.17. The second kappa shape index (κ2) is 8.48. The molecule has 0 saturated carbocycles. The lowest BCUT2D eigenvalue weighted by Gasteiger charge is -2.30. The molecule has 0 spiro atoms. The second-order valence-electron chi connectivity index (χ2n) is 4.64. The van der Waals surface area contributed by atoms with Crippen molar-refractivity contribution in [3.05, 3.63) is 0 Å². The van der Waals surface area contributed by atoms with Crippen molar-refractivity contribution in [1.29, 1.82) is 0 Å². The van der Waals surface area contributed by atoms with Crippen molar-refractivity contribution in [2.45, 2.75) is 57.6 Å². The molecule has 1 heterocycles. The molecule has 1 fully saturated rings. The van der Waals surface area contributed by atoms with Crippen LogP contribution in [0.15, 0.2) is 0 Å². The van der Waals surface area contributed by atoms with Crippen molar-refractivity contribution in [3.8, 4) is 0 Å². The highest BCUT2D eigenvalue weighted by atomic mass is 16.5. The highest BCUT2D eigenvalue weighted by molar-refractivity contribution is 5.69. The largest absolute Gasteiger partial charge is 0.469 e. The van der Waals surface area contributed by atoms with Gasteiger partial charge in [0.15, 0.2) is 0 Å². The summed E-state index contributed by atoms with van der Waals surface area (Å²) in [6.45, 7) is 3.94. The summed E-state index contributed by atoms with van der Waals surface area (Å²) in [5, 5.41) is 3.50. The Balaban J connectivity index is 2.08. The molecular weight excluding hydrogens is 218 g/mol. The maximum Gasteiger partial charge on any atom is 0.305 e. The van der Waals surface area contributed by atoms with Gasteiger partial charge in [-0.1, -0.05) is 13.3 Å². The Morgan fingerprint density at radius 1 is 1.53 bits per heavy atom. The minimum absolute atomic E-state index is 0.123. The molecule has 0 aliphatic carbocycles. The maximum absolute atomic E-state index is 10.9. The number of nitrogens with one attached hydrogen (secondary N) is 1. The SMILES string of the molecule is CCCC1CC(NCCCC(=O)OC)CCO1. The van der Waals surface area contributed by atoms with Gasteiger partial charge in [-0.25, -0.2) is 0 Å². The van der Waals surface area contributed by atoms with Crippen molar-refractivity contribution in [1.82, 2.24) is 5.32 Å². The normalized spacial score (nSPS) is 24.6. The van der Waals surface area contributed by atoms with Crippen LogP contribution in [0.25, 0.3) is 0 Å². The molecule has 1 aliphatic heterocycles. The first-order chi connectivity index (χ1) is 8.26. The molecule has 0 bridgehead atoms. The first kappa shape index (κ1) is 14.5. The summed E-state index contributed by atoms with van der Waals surface area (Å²) in [4.78, 5) is 10.9. The molecule has 2 unspecified atom stereocenters. The number of esters is 1. The average Bonchev–Trinajstić information content (AvgIpc) is 2.35. The molecule has 0 amide bonds. The molecule has 4 nitrogen and oxygen atoms in total. The molecule has 0 radical (unpaired) electrons. The smallest absolute Gasteiger partial charge is 0.305 e. The van der Waals surface area contributed by atoms with E-state index in [2.05, 4.69) is 17.0 Å². The van der Waals surface area contributed by atoms with Gasteiger partial charge >= 0.3 is 5.97 Å². The summed E-state index contributed by atoms with van der Waals surface area (Å²) < 4.78 is 10.3. The fourth-order valence-corrected chi connectivity index (χ4v) is 2.23. The Kier molecular flexibility index (Phi) is 7.21. The van der Waals surface area contributed by atoms with Crippen molar-refractivity contribution in [2.24, 2.45) is 0 Å². The van der Waals surface area contributed by atoms with Crippen molar-refractivity contribution >= 4 is 5.97 Å². The van der Waals surface area contributed by atoms with E-state index in [1.807, 2.05) is 0 Å². The summed E-state index contributed by atoms with van der Waals surface area (Å²) in [5.41, 5.74) is 0. The zero-order valence-electron chi connectivity index (χ0n) is 11.0. The van der Waals surface area contributed by atoms with Crippen LogP contribution in [-0.2, 0) is 14.3 Å². The Hall–Kier alpha value is -0.610. The van der Waals surface area contributed by atoms with Gasteiger partial charge in [0.25, 0.3) is 0 Å². The monoisotopic (exact) mass is 243 g/mol. The number of carbonyl (C=O) groups is 1. The average molecular weight is 243 g/mol. The lowest BCUT2D eigenvalue weighted by molar-refractivity contribution is -0.140. The fraction of sp³-hybridized carbons (Fsp3) is 0.923. The van der Waals surface area contributed by atoms with E-state index in [0.717, 1.165) is 38.8 Å². The van der Waals surface area contributed by atoms with E-state index in [0.29, 0.717) is 18.6 Å². The van der Waals surface area contributed by atoms with Crippen molar-refractivity contribution in [3.63, 3.8) is 0 Å². The summed E-state index contributed by atoms with van der Waals surface area (Å²) in [6, 6.07) is 0.554. The molecule has 4 heteroatoms. The van der Waals surface area contributed by atoms with Gasteiger partial charge in [-0.2, -0.15) is 0 Å². The van der Waals surface area contributed by atoms with Crippen LogP contribution in [0.3, 0.4) is 0 Å². The molecule has 0 aromatic carbocycles. The first-order valence-corrected chi connectivity index (χ1v) is 6.68. The Morgan fingerprint density at radius 2 is 2.35 bits per heavy atom. The standard InChI is InChI=1S/C13H25NO3/c1-3-5-12-10-11(7-9-17-12)14-8-4-6-13(15)16-2/h11-12,14H,3-10H2,1-2H3. The predicted molar refractivity (Wildman–Crippen MR) is 66.9 cm³/mol. The van der Waals surface area contributed by atoms with Crippen molar-refractivity contribution < 1.29 is 14.3 Å². The molecule has 1 saturated heterocycles. The van der Waals surface area contributed by atoms with Crippen LogP contribution in [-0.4, -0.2) is 38.4 Å². The van der Waals surface area contributed by atoms with E-state index in [1.165, 1.54) is 13.5 Å². The van der Waals surface area contributed by atoms with Gasteiger partial charge in [0.05, 0.1) is 13.2 Å². The van der Waals surface area contributed by atoms with Crippen LogP contribution in [0.2, 0.25) is 0 Å². The van der Waals surface area contributed by atoms with Gasteiger partial charge in [0, 0.05) is 19.1 Å². The Morgan fingerprint density at radius 3 is 3.06 bits per heavy atom. The van der Waals surface area contributed by atoms with E-state index in [9.17, 15) is 4.79 Å². The van der Waals surface area contributed by atoms with E-state index >= 15 is 0 Å². The third-order valence-electron chi connectivity index (χ3n) is 3.20. The van der Waals surface area contributed by atoms with Gasteiger partial charge in [-0.05, 0) is 32.2 Å². The zero-order chi connectivity index (χ0) is 12.5. The van der Waals surface area contributed by atoms with Crippen LogP contribution < -0.4 is 5.32 Å². The third-order valence-corrected chi connectivity index (χ3v) is 3.20. The molecule has 2 atom stereocenters. The molecule has 1 rings (SSSR count). The molecular formula is C13H25NO3. The lowest BCUT2D eigenvalue weighted by atomic mass is 10.00. The minimum Gasteiger partial charge on any atom is -0.469 e. The molecule has 17 heavy (non-hydrogen) atoms. The van der Waals surface area contributed by atoms with Gasteiger partial charge < -0.3 is 14.8 Å². The molecule has 1 aliphatic rings. The number of hydrogen-bond acceptors (Lipinski definition) is 4. The van der Waals surface area contributed by atoms with E-state index in [1.54, 1.807) is 0 Å². The predicted octanol–water partition coefficient (Wildman–Crippen LogP) is 1.88. The van der Waals surface area contributed by atoms with E-state index < -0.39 is 0 Å². The van der Waals surface area contributed by atoms with Crippen LogP contribution in [0.4, 0.5) is 0 Å². The van der Waals surface area contributed by atoms with Crippen molar-refractivity contribution in [2.75, 3.05) is 20.3 Å². The first-order valence-electron chi connectivity index (χ1n) is 6.68. The Bertz CT molecular complexity index is 219. The summed E-state index contributed by atoms with van der Waals surface area (Å²) in [6.07, 6.45) is 6.30. The van der Waals surface area contributed by atoms with Crippen LogP contribution in [0.5, 0.6) is 0 Å². The van der Waals surface area contributed by atoms with Gasteiger partial charge in [0.1, 0.15) is 0 Å². The van der Waals surface area contributed by atoms with E-state index in [-0.39, 0.29) is 5.97 Å². The maximum atomic E-state index is 10.9. The van der Waals surface area contributed by atoms with Gasteiger partial charge in [-0.3, -0.25) is 4.79 Å². The summed E-state index contributed by atoms with van der Waals surface area (Å²) in [5.74, 6) is -0.123. The number of ether oxygens (including phenoxy) is 2. The second-order valence-corrected chi connectivity index (χ2v) is 4.64. The molecule has 1 N–H and O–H groups in total. The van der Waals surface area contributed by atoms with Crippen LogP contribution >= 0.6 is 0 Å². The number of methoxy groups -OCH3 is 1. The number of rotatable bonds is 7. The third kappa shape index (κ3) is 6.03. The Labute approximate surface area is 104 Å². The lowest BCUT2D eigenvalue weighted by Crippen LogP contribution is -2.39. The summed E-state index contributed by atoms with van der Waals surface area (Å²) in [7, 11) is 1.43. The van der Waals surface area contributed by atoms with E-state index in [4.69, 9.17) is 4.74 Å². The number of hydrogen-bond donors (Lipinski definition) is 1.